The molecule has 0 heterocycles. The van der Waals surface area contributed by atoms with E-state index < -0.39 is 7.32 Å². The van der Waals surface area contributed by atoms with Gasteiger partial charge in [-0.15, -0.1) is 0 Å². The Morgan fingerprint density at radius 2 is 1.44 bits per heavy atom. The summed E-state index contributed by atoms with van der Waals surface area (Å²) in [5, 5.41) is 33.0. The summed E-state index contributed by atoms with van der Waals surface area (Å²) in [5.41, 5.74) is 4.78. The van der Waals surface area contributed by atoms with Crippen LogP contribution in [0.3, 0.4) is 0 Å². The van der Waals surface area contributed by atoms with Crippen molar-refractivity contribution >= 4 is 7.32 Å². The van der Waals surface area contributed by atoms with Crippen molar-refractivity contribution < 1.29 is 37.2 Å². The van der Waals surface area contributed by atoms with Crippen molar-refractivity contribution in [2.45, 2.75) is 0 Å². The predicted octanol–water partition coefficient (Wildman–Crippen LogP) is -5.01. The average Bonchev–Trinajstić information content (AvgIpc) is 1.65. The van der Waals surface area contributed by atoms with Gasteiger partial charge in [0.2, 0.25) is 0 Å². The first-order chi connectivity index (χ1) is 3.65. The molecule has 58 valence electrons. The number of rotatable bonds is 1. The summed E-state index contributed by atoms with van der Waals surface area (Å²) < 4.78 is 0. The number of nitrogens with two attached hydrogens (primary N) is 1. The first-order valence-corrected chi connectivity index (χ1v) is 1.93. The molecule has 0 rings (SSSR count). The topological polar surface area (TPSA) is 115 Å². The second-order valence-electron chi connectivity index (χ2n) is 0.801. The van der Waals surface area contributed by atoms with E-state index in [9.17, 15) is 0 Å². The van der Waals surface area contributed by atoms with Crippen molar-refractivity contribution in [3.05, 3.63) is 0 Å². The van der Waals surface area contributed by atoms with Crippen molar-refractivity contribution in [3.63, 3.8) is 0 Å². The van der Waals surface area contributed by atoms with E-state index >= 15 is 0 Å². The summed E-state index contributed by atoms with van der Waals surface area (Å²) in [7, 11) is -2.92. The Hall–Kier alpha value is 0.384. The molecule has 0 aromatic rings. The third-order valence-corrected chi connectivity index (χ3v) is 0.129. The van der Waals surface area contributed by atoms with E-state index in [1.54, 1.807) is 0 Å². The van der Waals surface area contributed by atoms with Crippen LogP contribution in [-0.2, 0) is 17.1 Å². The maximum atomic E-state index is 8.42. The molecule has 0 saturated heterocycles. The van der Waals surface area contributed by atoms with Gasteiger partial charge in [0, 0.05) is 6.54 Å². The van der Waals surface area contributed by atoms with Gasteiger partial charge in [0.1, 0.15) is 0 Å². The summed E-state index contributed by atoms with van der Waals surface area (Å²) in [5.74, 6) is 0. The maximum absolute atomic E-state index is 8.42. The molecule has 0 saturated carbocycles. The predicted molar refractivity (Wildman–Crippen MR) is 21.9 cm³/mol. The molecule has 0 bridgehead atoms. The van der Waals surface area contributed by atoms with Crippen LogP contribution in [0.1, 0.15) is 0 Å². The standard InChI is InChI=1S/C2H7NO.BO3.Cu/c3-1-2-4;2-1(3)4;/h4H,1-3H2;;/q;-3;+3. The van der Waals surface area contributed by atoms with Crippen LogP contribution in [0, 0.1) is 0 Å². The largest absolute Gasteiger partial charge is 3.00 e. The molecule has 0 spiro atoms. The molecule has 0 amide bonds. The van der Waals surface area contributed by atoms with Crippen molar-refractivity contribution in [2.24, 2.45) is 5.73 Å². The van der Waals surface area contributed by atoms with Gasteiger partial charge in [-0.05, 0) is 0 Å². The smallest absolute Gasteiger partial charge is 0.907 e. The molecule has 0 fully saturated rings. The van der Waals surface area contributed by atoms with Crippen LogP contribution in [0.25, 0.3) is 0 Å². The Morgan fingerprint density at radius 3 is 1.44 bits per heavy atom. The van der Waals surface area contributed by atoms with Crippen LogP contribution in [0.15, 0.2) is 0 Å². The van der Waals surface area contributed by atoms with Gasteiger partial charge in [0.25, 0.3) is 0 Å². The third kappa shape index (κ3) is 178. The summed E-state index contributed by atoms with van der Waals surface area (Å²) >= 11 is 0. The molecular formula is C2H7BCuNO4. The summed E-state index contributed by atoms with van der Waals surface area (Å²) in [6.07, 6.45) is 0. The molecular weight excluding hydrogens is 176 g/mol. The van der Waals surface area contributed by atoms with Gasteiger partial charge in [-0.2, -0.15) is 0 Å². The fraction of sp³-hybridized carbons (Fsp3) is 1.00. The van der Waals surface area contributed by atoms with E-state index in [4.69, 9.17) is 25.9 Å². The van der Waals surface area contributed by atoms with E-state index in [-0.39, 0.29) is 23.7 Å². The second-order valence-corrected chi connectivity index (χ2v) is 0.801. The zero-order valence-corrected chi connectivity index (χ0v) is 5.48. The molecule has 3 N–H and O–H groups in total. The molecule has 0 atom stereocenters. The second kappa shape index (κ2) is 15.8. The van der Waals surface area contributed by atoms with E-state index in [1.807, 2.05) is 0 Å². The van der Waals surface area contributed by atoms with Crippen LogP contribution in [0.5, 0.6) is 0 Å². The minimum absolute atomic E-state index is 0. The van der Waals surface area contributed by atoms with Crippen molar-refractivity contribution in [1.29, 1.82) is 0 Å². The number of hydrogen-bond acceptors (Lipinski definition) is 5. The number of aliphatic hydroxyl groups is 1. The fourth-order valence-electron chi connectivity index (χ4n) is 0. The van der Waals surface area contributed by atoms with Gasteiger partial charge in [-0.3, -0.25) is 7.32 Å². The third-order valence-electron chi connectivity index (χ3n) is 0.129. The van der Waals surface area contributed by atoms with E-state index in [2.05, 4.69) is 0 Å². The zero-order valence-electron chi connectivity index (χ0n) is 4.54. The van der Waals surface area contributed by atoms with Crippen LogP contribution in [-0.4, -0.2) is 25.6 Å². The minimum atomic E-state index is -2.92. The Kier molecular flexibility index (Phi) is 28.4. The van der Waals surface area contributed by atoms with E-state index in [1.165, 1.54) is 0 Å². The van der Waals surface area contributed by atoms with Gasteiger partial charge in [-0.25, -0.2) is 0 Å². The van der Waals surface area contributed by atoms with Gasteiger partial charge in [0.15, 0.2) is 0 Å². The maximum Gasteiger partial charge on any atom is 3.00 e. The zero-order chi connectivity index (χ0) is 6.99. The summed E-state index contributed by atoms with van der Waals surface area (Å²) in [4.78, 5) is 0. The van der Waals surface area contributed by atoms with Gasteiger partial charge in [0.05, 0.1) is 6.61 Å². The molecule has 0 aliphatic carbocycles. The molecule has 0 radical (unpaired) electrons. The summed E-state index contributed by atoms with van der Waals surface area (Å²) in [6.45, 7) is 0.472. The molecule has 5 nitrogen and oxygen atoms in total. The van der Waals surface area contributed by atoms with E-state index in [0.717, 1.165) is 0 Å². The Balaban J connectivity index is -0.0000000720. The van der Waals surface area contributed by atoms with Gasteiger partial charge < -0.3 is 25.9 Å². The first kappa shape index (κ1) is 16.2. The molecule has 0 aliphatic rings. The molecule has 0 aromatic heterocycles. The molecule has 7 heteroatoms. The first-order valence-electron chi connectivity index (χ1n) is 1.93. The van der Waals surface area contributed by atoms with Gasteiger partial charge in [-0.1, -0.05) is 0 Å². The molecule has 9 heavy (non-hydrogen) atoms. The fourth-order valence-corrected chi connectivity index (χ4v) is 0. The minimum Gasteiger partial charge on any atom is -0.907 e. The van der Waals surface area contributed by atoms with Crippen molar-refractivity contribution in [3.8, 4) is 0 Å². The normalized spacial score (nSPS) is 6.33. The van der Waals surface area contributed by atoms with Crippen LogP contribution in [0.4, 0.5) is 0 Å². The number of aliphatic hydroxyl groups excluding tert-OH is 1. The monoisotopic (exact) mass is 183 g/mol. The molecule has 0 aromatic carbocycles. The van der Waals surface area contributed by atoms with Crippen molar-refractivity contribution in [1.82, 2.24) is 0 Å². The quantitative estimate of drug-likeness (QED) is 0.395. The summed E-state index contributed by atoms with van der Waals surface area (Å²) in [6, 6.07) is 0. The Labute approximate surface area is 64.1 Å². The van der Waals surface area contributed by atoms with Crippen LogP contribution < -0.4 is 20.8 Å². The Bertz CT molecular complexity index is 35.0. The van der Waals surface area contributed by atoms with Gasteiger partial charge >= 0.3 is 17.1 Å². The van der Waals surface area contributed by atoms with E-state index in [0.29, 0.717) is 6.54 Å². The Morgan fingerprint density at radius 1 is 1.33 bits per heavy atom. The molecule has 0 aliphatic heterocycles. The number of hydrogen-bond donors (Lipinski definition) is 2. The molecule has 0 unspecified atom stereocenters. The van der Waals surface area contributed by atoms with Crippen LogP contribution >= 0.6 is 0 Å². The van der Waals surface area contributed by atoms with Crippen molar-refractivity contribution in [2.75, 3.05) is 13.2 Å². The van der Waals surface area contributed by atoms with Crippen LogP contribution in [0.2, 0.25) is 0 Å². The average molecular weight is 183 g/mol. The SMILES string of the molecule is NCCO.[Cu+3].[O-]B([O-])[O-].